The highest BCUT2D eigenvalue weighted by atomic mass is 35.5. The Labute approximate surface area is 119 Å². The minimum absolute atomic E-state index is 0.000691. The van der Waals surface area contributed by atoms with E-state index in [4.69, 9.17) is 17.3 Å². The van der Waals surface area contributed by atoms with Crippen molar-refractivity contribution >= 4 is 23.2 Å². The largest absolute Gasteiger partial charge is 0.326 e. The van der Waals surface area contributed by atoms with Gasteiger partial charge in [-0.05, 0) is 24.6 Å². The van der Waals surface area contributed by atoms with Crippen LogP contribution in [0.5, 0.6) is 0 Å². The number of nitrogens with one attached hydrogen (secondary N) is 1. The lowest BCUT2D eigenvalue weighted by molar-refractivity contribution is -0.119. The number of carbonyl (C=O) groups excluding carboxylic acids is 1. The molecule has 0 radical (unpaired) electrons. The number of hydrogen-bond acceptors (Lipinski definition) is 2. The van der Waals surface area contributed by atoms with Gasteiger partial charge < -0.3 is 11.1 Å². The van der Waals surface area contributed by atoms with Gasteiger partial charge in [-0.15, -0.1) is 0 Å². The maximum absolute atomic E-state index is 11.9. The van der Waals surface area contributed by atoms with Gasteiger partial charge in [0.25, 0.3) is 0 Å². The van der Waals surface area contributed by atoms with Crippen molar-refractivity contribution in [3.05, 3.63) is 28.8 Å². The molecule has 4 heteroatoms. The van der Waals surface area contributed by atoms with Crippen LogP contribution in [0.25, 0.3) is 0 Å². The number of amides is 1. The van der Waals surface area contributed by atoms with Crippen LogP contribution in [0.2, 0.25) is 5.02 Å². The molecule has 1 rings (SSSR count). The van der Waals surface area contributed by atoms with Gasteiger partial charge in [0, 0.05) is 17.2 Å². The second-order valence-electron chi connectivity index (χ2n) is 4.38. The maximum Gasteiger partial charge on any atom is 0.227 e. The molecule has 3 N–H and O–H groups in total. The quantitative estimate of drug-likeness (QED) is 0.832. The molecule has 1 aromatic carbocycles. The molecule has 19 heavy (non-hydrogen) atoms. The van der Waals surface area contributed by atoms with E-state index in [-0.39, 0.29) is 18.4 Å². The summed E-state index contributed by atoms with van der Waals surface area (Å²) in [6.07, 6.45) is 1.86. The van der Waals surface area contributed by atoms with Crippen LogP contribution in [0.15, 0.2) is 18.2 Å². The monoisotopic (exact) mass is 278 g/mol. The number of nitrogens with two attached hydrogens (primary N) is 1. The Morgan fingerprint density at radius 1 is 1.53 bits per heavy atom. The van der Waals surface area contributed by atoms with E-state index in [1.54, 1.807) is 18.2 Å². The number of rotatable bonds is 4. The zero-order valence-corrected chi connectivity index (χ0v) is 12.1. The first-order chi connectivity index (χ1) is 9.08. The Bertz CT molecular complexity index is 503. The van der Waals surface area contributed by atoms with E-state index in [2.05, 4.69) is 24.1 Å². The average Bonchev–Trinajstić information content (AvgIpc) is 2.39. The molecule has 0 saturated carbocycles. The van der Waals surface area contributed by atoms with Gasteiger partial charge in [-0.25, -0.2) is 0 Å². The molecule has 0 fully saturated rings. The van der Waals surface area contributed by atoms with E-state index in [1.165, 1.54) is 0 Å². The molecule has 0 aliphatic rings. The second kappa shape index (κ2) is 7.83. The van der Waals surface area contributed by atoms with E-state index in [0.29, 0.717) is 16.3 Å². The summed E-state index contributed by atoms with van der Waals surface area (Å²) in [6.45, 7) is 4.26. The normalized spacial score (nSPS) is 11.4. The van der Waals surface area contributed by atoms with Gasteiger partial charge in [0.15, 0.2) is 0 Å². The van der Waals surface area contributed by atoms with Gasteiger partial charge in [-0.3, -0.25) is 4.79 Å². The summed E-state index contributed by atoms with van der Waals surface area (Å²) in [5.41, 5.74) is 6.71. The van der Waals surface area contributed by atoms with E-state index in [1.807, 2.05) is 6.92 Å². The van der Waals surface area contributed by atoms with E-state index >= 15 is 0 Å². The molecule has 0 aromatic heterocycles. The molecular weight excluding hydrogens is 260 g/mol. The Morgan fingerprint density at radius 2 is 2.26 bits per heavy atom. The van der Waals surface area contributed by atoms with Gasteiger partial charge in [0.1, 0.15) is 0 Å². The third-order valence-electron chi connectivity index (χ3n) is 2.73. The van der Waals surface area contributed by atoms with Crippen LogP contribution < -0.4 is 11.1 Å². The predicted molar refractivity (Wildman–Crippen MR) is 80.1 cm³/mol. The number of hydrogen-bond donors (Lipinski definition) is 2. The summed E-state index contributed by atoms with van der Waals surface area (Å²) in [5, 5.41) is 3.43. The van der Waals surface area contributed by atoms with Gasteiger partial charge >= 0.3 is 0 Å². The van der Waals surface area contributed by atoms with Crippen molar-refractivity contribution in [2.24, 2.45) is 11.7 Å². The summed E-state index contributed by atoms with van der Waals surface area (Å²) in [5.74, 6) is 5.65. The SMILES string of the molecule is CCCC(C)C(=O)Nc1ccc(Cl)c(C#CCN)c1. The van der Waals surface area contributed by atoms with Crippen LogP contribution in [-0.2, 0) is 4.79 Å². The molecular formula is C15H19ClN2O. The molecule has 0 aliphatic carbocycles. The number of benzene rings is 1. The topological polar surface area (TPSA) is 55.1 Å². The summed E-state index contributed by atoms with van der Waals surface area (Å²) >= 11 is 6.02. The molecule has 1 atom stereocenters. The van der Waals surface area contributed by atoms with Crippen molar-refractivity contribution in [3.63, 3.8) is 0 Å². The zero-order valence-electron chi connectivity index (χ0n) is 11.3. The summed E-state index contributed by atoms with van der Waals surface area (Å²) in [6, 6.07) is 5.26. The van der Waals surface area contributed by atoms with Gasteiger partial charge in [0.05, 0.1) is 11.6 Å². The van der Waals surface area contributed by atoms with Crippen molar-refractivity contribution in [2.45, 2.75) is 26.7 Å². The van der Waals surface area contributed by atoms with Crippen molar-refractivity contribution in [2.75, 3.05) is 11.9 Å². The Morgan fingerprint density at radius 3 is 2.89 bits per heavy atom. The Kier molecular flexibility index (Phi) is 6.41. The average molecular weight is 279 g/mol. The minimum Gasteiger partial charge on any atom is -0.326 e. The summed E-state index contributed by atoms with van der Waals surface area (Å²) < 4.78 is 0. The van der Waals surface area contributed by atoms with Crippen LogP contribution in [0.3, 0.4) is 0 Å². The van der Waals surface area contributed by atoms with Crippen LogP contribution in [0.4, 0.5) is 5.69 Å². The smallest absolute Gasteiger partial charge is 0.227 e. The van der Waals surface area contributed by atoms with Crippen molar-refractivity contribution < 1.29 is 4.79 Å². The van der Waals surface area contributed by atoms with Crippen molar-refractivity contribution in [1.29, 1.82) is 0 Å². The molecule has 0 bridgehead atoms. The number of anilines is 1. The molecule has 0 aliphatic heterocycles. The first kappa shape index (κ1) is 15.6. The highest BCUT2D eigenvalue weighted by molar-refractivity contribution is 6.31. The van der Waals surface area contributed by atoms with E-state index in [9.17, 15) is 4.79 Å². The number of carbonyl (C=O) groups is 1. The third-order valence-corrected chi connectivity index (χ3v) is 3.06. The highest BCUT2D eigenvalue weighted by Gasteiger charge is 2.12. The number of halogens is 1. The lowest BCUT2D eigenvalue weighted by atomic mass is 10.1. The third kappa shape index (κ3) is 4.94. The Balaban J connectivity index is 2.82. The lowest BCUT2D eigenvalue weighted by Gasteiger charge is -2.11. The Hall–Kier alpha value is -1.50. The second-order valence-corrected chi connectivity index (χ2v) is 4.79. The predicted octanol–water partition coefficient (Wildman–Crippen LogP) is 3.02. The summed E-state index contributed by atoms with van der Waals surface area (Å²) in [7, 11) is 0. The van der Waals surface area contributed by atoms with Crippen molar-refractivity contribution in [1.82, 2.24) is 0 Å². The highest BCUT2D eigenvalue weighted by Crippen LogP contribution is 2.20. The summed E-state index contributed by atoms with van der Waals surface area (Å²) in [4.78, 5) is 11.9. The fourth-order valence-corrected chi connectivity index (χ4v) is 1.84. The molecule has 3 nitrogen and oxygen atoms in total. The zero-order chi connectivity index (χ0) is 14.3. The first-order valence-corrected chi connectivity index (χ1v) is 6.75. The standard InChI is InChI=1S/C15H19ClN2O/c1-3-5-11(2)15(19)18-13-7-8-14(16)12(10-13)6-4-9-17/h7-8,10-11H,3,5,9,17H2,1-2H3,(H,18,19). The van der Waals surface area contributed by atoms with Gasteiger partial charge in [-0.2, -0.15) is 0 Å². The molecule has 0 saturated heterocycles. The van der Waals surface area contributed by atoms with Crippen LogP contribution in [-0.4, -0.2) is 12.5 Å². The van der Waals surface area contributed by atoms with Crippen LogP contribution in [0.1, 0.15) is 32.3 Å². The van der Waals surface area contributed by atoms with Crippen LogP contribution in [0, 0.1) is 17.8 Å². The minimum atomic E-state index is -0.000691. The van der Waals surface area contributed by atoms with Crippen LogP contribution >= 0.6 is 11.6 Å². The first-order valence-electron chi connectivity index (χ1n) is 6.37. The molecule has 1 aromatic rings. The van der Waals surface area contributed by atoms with Gasteiger partial charge in [-0.1, -0.05) is 43.7 Å². The molecule has 0 spiro atoms. The molecule has 1 unspecified atom stereocenters. The molecule has 102 valence electrons. The molecule has 0 heterocycles. The fourth-order valence-electron chi connectivity index (χ4n) is 1.67. The fraction of sp³-hybridized carbons (Fsp3) is 0.400. The van der Waals surface area contributed by atoms with Crippen molar-refractivity contribution in [3.8, 4) is 11.8 Å². The van der Waals surface area contributed by atoms with Gasteiger partial charge in [0.2, 0.25) is 5.91 Å². The maximum atomic E-state index is 11.9. The molecule has 1 amide bonds. The lowest BCUT2D eigenvalue weighted by Crippen LogP contribution is -2.20. The van der Waals surface area contributed by atoms with E-state index in [0.717, 1.165) is 12.8 Å². The van der Waals surface area contributed by atoms with E-state index < -0.39 is 0 Å².